The fourth-order valence-corrected chi connectivity index (χ4v) is 14.8. The van der Waals surface area contributed by atoms with E-state index in [4.69, 9.17) is 0 Å². The second kappa shape index (κ2) is 20.8. The van der Waals surface area contributed by atoms with Crippen molar-refractivity contribution in [1.29, 1.82) is 0 Å². The molecule has 11 aromatic carbocycles. The molecule has 0 fully saturated rings. The molecule has 392 valence electrons. The molecular formula is C78H75N. The van der Waals surface area contributed by atoms with Gasteiger partial charge in [-0.15, -0.1) is 0 Å². The predicted molar refractivity (Wildman–Crippen MR) is 342 cm³/mol. The third-order valence-electron chi connectivity index (χ3n) is 18.7. The van der Waals surface area contributed by atoms with Crippen LogP contribution < -0.4 is 4.90 Å². The molecule has 13 rings (SSSR count). The van der Waals surface area contributed by atoms with E-state index in [1.54, 1.807) is 11.1 Å². The predicted octanol–water partition coefficient (Wildman–Crippen LogP) is 23.0. The lowest BCUT2D eigenvalue weighted by atomic mass is 9.70. The Morgan fingerprint density at radius 2 is 0.633 bits per heavy atom. The van der Waals surface area contributed by atoms with Crippen molar-refractivity contribution in [2.45, 2.75) is 129 Å². The highest BCUT2D eigenvalue weighted by molar-refractivity contribution is 6.22. The average molecular weight is 1030 g/mol. The summed E-state index contributed by atoms with van der Waals surface area (Å²) in [6.45, 7) is 14.0. The first-order valence-corrected chi connectivity index (χ1v) is 30.1. The highest BCUT2D eigenvalue weighted by atomic mass is 15.1. The molecule has 0 heterocycles. The number of anilines is 3. The minimum absolute atomic E-state index is 0.0287. The summed E-state index contributed by atoms with van der Waals surface area (Å²) in [5.41, 5.74) is 23.2. The SMILES string of the molecule is CCCCC1(CCCC)c2cc(C)ccc2-c2ccc(N(c3ccc4c(c3)C(CCCC)(CCCC)c3cc(C)ccc3-4)c3ccc4cc(-c5c6ccccc6c(-c6ccc7ccccc7c6)c6ccccc56)ccc4c3)cc21. The van der Waals surface area contributed by atoms with Gasteiger partial charge in [0.15, 0.2) is 0 Å². The van der Waals surface area contributed by atoms with Crippen LogP contribution in [-0.4, -0.2) is 0 Å². The number of hydrogen-bond donors (Lipinski definition) is 0. The van der Waals surface area contributed by atoms with Crippen LogP contribution in [0.15, 0.2) is 200 Å². The first-order chi connectivity index (χ1) is 38.8. The third kappa shape index (κ3) is 8.50. The van der Waals surface area contributed by atoms with Crippen molar-refractivity contribution in [3.8, 4) is 44.5 Å². The Bertz CT molecular complexity index is 3930. The molecule has 0 aliphatic heterocycles. The van der Waals surface area contributed by atoms with Gasteiger partial charge in [-0.05, 0) is 198 Å². The van der Waals surface area contributed by atoms with Crippen LogP contribution >= 0.6 is 0 Å². The first-order valence-electron chi connectivity index (χ1n) is 30.1. The van der Waals surface area contributed by atoms with Gasteiger partial charge in [-0.1, -0.05) is 242 Å². The quantitative estimate of drug-likeness (QED) is 0.0822. The Hall–Kier alpha value is -7.74. The number of unbranched alkanes of at least 4 members (excludes halogenated alkanes) is 4. The minimum atomic E-state index is -0.0287. The summed E-state index contributed by atoms with van der Waals surface area (Å²) in [5, 5.41) is 10.1. The molecule has 11 aromatic rings. The fraction of sp³-hybridized carbons (Fsp3) is 0.256. The van der Waals surface area contributed by atoms with Crippen molar-refractivity contribution in [1.82, 2.24) is 0 Å². The standard InChI is InChI=1S/C78H75N/c1-7-11-41-77(42-12-8-2)71-45-52(5)27-37-63(71)65-39-35-61(50-73(65)77)79(62-36-40-66-64-38-28-53(6)46-72(64)78(43-13-9-3,44-14-10-4)74(66)51-62)60-34-33-56-48-59(32-30-57(56)49-60)76-69-25-19-17-23-67(69)75(68-24-18-20-26-70(68)76)58-31-29-54-21-15-16-22-55(54)47-58/h15-40,45-51H,7-14,41-44H2,1-6H3. The molecule has 1 heteroatoms. The summed E-state index contributed by atoms with van der Waals surface area (Å²) in [4.78, 5) is 2.62. The van der Waals surface area contributed by atoms with E-state index in [1.165, 1.54) is 204 Å². The second-order valence-electron chi connectivity index (χ2n) is 23.6. The van der Waals surface area contributed by atoms with E-state index in [2.05, 4.69) is 247 Å². The van der Waals surface area contributed by atoms with Crippen molar-refractivity contribution in [3.63, 3.8) is 0 Å². The molecule has 0 bridgehead atoms. The highest BCUT2D eigenvalue weighted by Gasteiger charge is 2.44. The summed E-state index contributed by atoms with van der Waals surface area (Å²) < 4.78 is 0. The van der Waals surface area contributed by atoms with E-state index in [0.29, 0.717) is 0 Å². The molecule has 0 saturated heterocycles. The molecule has 0 amide bonds. The Balaban J connectivity index is 0.995. The Kier molecular flexibility index (Phi) is 13.4. The Morgan fingerprint density at radius 1 is 0.304 bits per heavy atom. The van der Waals surface area contributed by atoms with Crippen LogP contribution in [0.25, 0.3) is 87.6 Å². The monoisotopic (exact) mass is 1030 g/mol. The van der Waals surface area contributed by atoms with Gasteiger partial charge in [-0.3, -0.25) is 0 Å². The molecule has 1 nitrogen and oxygen atoms in total. The molecular weight excluding hydrogens is 951 g/mol. The number of aryl methyl sites for hydroxylation is 2. The maximum atomic E-state index is 2.63. The van der Waals surface area contributed by atoms with E-state index in [9.17, 15) is 0 Å². The van der Waals surface area contributed by atoms with Gasteiger partial charge in [0.2, 0.25) is 0 Å². The fourth-order valence-electron chi connectivity index (χ4n) is 14.8. The summed E-state index contributed by atoms with van der Waals surface area (Å²) in [6, 6.07) is 78.0. The largest absolute Gasteiger partial charge is 0.310 e. The van der Waals surface area contributed by atoms with Gasteiger partial charge in [-0.25, -0.2) is 0 Å². The van der Waals surface area contributed by atoms with E-state index in [0.717, 1.165) is 0 Å². The summed E-state index contributed by atoms with van der Waals surface area (Å²) >= 11 is 0. The topological polar surface area (TPSA) is 3.24 Å². The van der Waals surface area contributed by atoms with E-state index in [-0.39, 0.29) is 10.8 Å². The molecule has 0 atom stereocenters. The zero-order valence-electron chi connectivity index (χ0n) is 47.5. The van der Waals surface area contributed by atoms with Crippen molar-refractivity contribution in [2.75, 3.05) is 4.90 Å². The summed E-state index contributed by atoms with van der Waals surface area (Å²) in [5.74, 6) is 0. The number of benzene rings is 11. The van der Waals surface area contributed by atoms with Crippen LogP contribution in [0.1, 0.15) is 138 Å². The van der Waals surface area contributed by atoms with E-state index < -0.39 is 0 Å². The second-order valence-corrected chi connectivity index (χ2v) is 23.6. The minimum Gasteiger partial charge on any atom is -0.310 e. The maximum absolute atomic E-state index is 2.63. The molecule has 0 N–H and O–H groups in total. The molecule has 0 aromatic heterocycles. The van der Waals surface area contributed by atoms with Crippen molar-refractivity contribution in [3.05, 3.63) is 234 Å². The zero-order valence-corrected chi connectivity index (χ0v) is 47.5. The molecule has 0 spiro atoms. The van der Waals surface area contributed by atoms with Gasteiger partial charge in [0, 0.05) is 27.9 Å². The lowest BCUT2D eigenvalue weighted by Crippen LogP contribution is -2.26. The van der Waals surface area contributed by atoms with Crippen molar-refractivity contribution >= 4 is 60.2 Å². The van der Waals surface area contributed by atoms with E-state index >= 15 is 0 Å². The lowest BCUT2D eigenvalue weighted by Gasteiger charge is -2.35. The van der Waals surface area contributed by atoms with Crippen LogP contribution in [0, 0.1) is 13.8 Å². The van der Waals surface area contributed by atoms with Crippen LogP contribution in [-0.2, 0) is 10.8 Å². The molecule has 0 unspecified atom stereocenters. The van der Waals surface area contributed by atoms with Crippen LogP contribution in [0.3, 0.4) is 0 Å². The molecule has 0 saturated carbocycles. The Labute approximate surface area is 470 Å². The van der Waals surface area contributed by atoms with Gasteiger partial charge in [0.05, 0.1) is 0 Å². The molecule has 0 radical (unpaired) electrons. The molecule has 79 heavy (non-hydrogen) atoms. The maximum Gasteiger partial charge on any atom is 0.0468 e. The normalized spacial score (nSPS) is 13.7. The van der Waals surface area contributed by atoms with E-state index in [1.807, 2.05) is 0 Å². The van der Waals surface area contributed by atoms with Crippen molar-refractivity contribution in [2.24, 2.45) is 0 Å². The third-order valence-corrected chi connectivity index (χ3v) is 18.7. The van der Waals surface area contributed by atoms with Gasteiger partial charge in [0.1, 0.15) is 0 Å². The highest BCUT2D eigenvalue weighted by Crippen LogP contribution is 2.58. The number of nitrogens with zero attached hydrogens (tertiary/aromatic N) is 1. The molecule has 2 aliphatic carbocycles. The number of fused-ring (bicyclic) bond motifs is 10. The van der Waals surface area contributed by atoms with Crippen LogP contribution in [0.5, 0.6) is 0 Å². The first kappa shape index (κ1) is 50.7. The molecule has 2 aliphatic rings. The number of hydrogen-bond acceptors (Lipinski definition) is 1. The Morgan fingerprint density at radius 3 is 1.08 bits per heavy atom. The lowest BCUT2D eigenvalue weighted by molar-refractivity contribution is 0.414. The van der Waals surface area contributed by atoms with Gasteiger partial charge in [-0.2, -0.15) is 0 Å². The summed E-state index contributed by atoms with van der Waals surface area (Å²) in [7, 11) is 0. The zero-order chi connectivity index (χ0) is 53.8. The van der Waals surface area contributed by atoms with Gasteiger partial charge in [0.25, 0.3) is 0 Å². The smallest absolute Gasteiger partial charge is 0.0468 e. The van der Waals surface area contributed by atoms with Crippen LogP contribution in [0.2, 0.25) is 0 Å². The van der Waals surface area contributed by atoms with Crippen LogP contribution in [0.4, 0.5) is 17.1 Å². The summed E-state index contributed by atoms with van der Waals surface area (Å²) in [6.07, 6.45) is 14.2. The average Bonchev–Trinajstić information content (AvgIpc) is 4.17. The van der Waals surface area contributed by atoms with Crippen molar-refractivity contribution < 1.29 is 0 Å². The van der Waals surface area contributed by atoms with Gasteiger partial charge < -0.3 is 4.90 Å². The number of rotatable bonds is 17. The van der Waals surface area contributed by atoms with Gasteiger partial charge >= 0.3 is 0 Å².